The Labute approximate surface area is 143 Å². The normalized spacial score (nSPS) is 26.8. The third kappa shape index (κ3) is 2.68. The topological polar surface area (TPSA) is 42.7 Å². The van der Waals surface area contributed by atoms with E-state index >= 15 is 0 Å². The lowest BCUT2D eigenvalue weighted by molar-refractivity contribution is 0.257. The van der Waals surface area contributed by atoms with Gasteiger partial charge in [-0.05, 0) is 84.6 Å². The third-order valence-corrected chi connectivity index (χ3v) is 6.20. The minimum absolute atomic E-state index is 0.326. The van der Waals surface area contributed by atoms with E-state index < -0.39 is 0 Å². The second-order valence-electron chi connectivity index (χ2n) is 6.58. The lowest BCUT2D eigenvalue weighted by atomic mass is 9.84. The van der Waals surface area contributed by atoms with Gasteiger partial charge >= 0.3 is 0 Å². The van der Waals surface area contributed by atoms with Crippen molar-refractivity contribution in [3.8, 4) is 0 Å². The molecule has 1 saturated carbocycles. The summed E-state index contributed by atoms with van der Waals surface area (Å²) in [6.07, 6.45) is 10.5. The Hall–Kier alpha value is -0.650. The summed E-state index contributed by atoms with van der Waals surface area (Å²) in [5, 5.41) is 4.85. The predicted octanol–water partition coefficient (Wildman–Crippen LogP) is 4.19. The van der Waals surface area contributed by atoms with Crippen LogP contribution in [-0.4, -0.2) is 27.6 Å². The van der Waals surface area contributed by atoms with Crippen molar-refractivity contribution in [2.45, 2.75) is 38.1 Å². The summed E-state index contributed by atoms with van der Waals surface area (Å²) in [6.45, 7) is 2.37. The molecule has 0 radical (unpaired) electrons. The molecule has 0 amide bonds. The first kappa shape index (κ1) is 14.9. The van der Waals surface area contributed by atoms with Gasteiger partial charge in [0.15, 0.2) is 0 Å². The van der Waals surface area contributed by atoms with Gasteiger partial charge in [-0.1, -0.05) is 0 Å². The summed E-state index contributed by atoms with van der Waals surface area (Å²) in [5.41, 5.74) is 0.961. The standard InChI is InChI=1S/C16H20BrClN4/c17-14-9-22(15-13(14)8-20-16(18)21-15)12-2-1-11(7-12)10-3-5-19-6-4-10/h8-12,19H,1-7H2. The molecular formula is C16H20BrClN4. The minimum Gasteiger partial charge on any atom is -0.328 e. The molecule has 3 heterocycles. The van der Waals surface area contributed by atoms with E-state index in [0.717, 1.165) is 27.3 Å². The molecule has 2 aliphatic rings. The van der Waals surface area contributed by atoms with Crippen molar-refractivity contribution >= 4 is 38.6 Å². The molecule has 1 aliphatic heterocycles. The molecule has 1 aliphatic carbocycles. The number of aromatic nitrogens is 3. The number of piperidine rings is 1. The zero-order valence-electron chi connectivity index (χ0n) is 12.4. The van der Waals surface area contributed by atoms with Crippen molar-refractivity contribution in [2.75, 3.05) is 13.1 Å². The molecular weight excluding hydrogens is 364 g/mol. The van der Waals surface area contributed by atoms with Gasteiger partial charge in [0, 0.05) is 22.9 Å². The fourth-order valence-corrected chi connectivity index (χ4v) is 4.87. The maximum absolute atomic E-state index is 6.00. The molecule has 2 unspecified atom stereocenters. The fourth-order valence-electron chi connectivity index (χ4n) is 4.24. The smallest absolute Gasteiger partial charge is 0.224 e. The summed E-state index contributed by atoms with van der Waals surface area (Å²) in [5.74, 6) is 1.76. The van der Waals surface area contributed by atoms with Crippen LogP contribution in [0.25, 0.3) is 11.0 Å². The molecule has 118 valence electrons. The number of nitrogens with one attached hydrogen (secondary N) is 1. The van der Waals surface area contributed by atoms with Crippen LogP contribution in [0.5, 0.6) is 0 Å². The molecule has 6 heteroatoms. The molecule has 4 nitrogen and oxygen atoms in total. The van der Waals surface area contributed by atoms with E-state index in [9.17, 15) is 0 Å². The van der Waals surface area contributed by atoms with Gasteiger partial charge in [-0.2, -0.15) is 4.98 Å². The second kappa shape index (κ2) is 6.10. The van der Waals surface area contributed by atoms with Crippen molar-refractivity contribution in [3.63, 3.8) is 0 Å². The van der Waals surface area contributed by atoms with E-state index in [1.54, 1.807) is 0 Å². The van der Waals surface area contributed by atoms with Crippen LogP contribution in [0.3, 0.4) is 0 Å². The zero-order chi connectivity index (χ0) is 15.1. The molecule has 1 N–H and O–H groups in total. The first-order valence-electron chi connectivity index (χ1n) is 8.11. The van der Waals surface area contributed by atoms with Crippen LogP contribution in [-0.2, 0) is 0 Å². The van der Waals surface area contributed by atoms with Crippen LogP contribution in [0.1, 0.15) is 38.1 Å². The number of hydrogen-bond acceptors (Lipinski definition) is 3. The Bertz CT molecular complexity index is 680. The average molecular weight is 384 g/mol. The highest BCUT2D eigenvalue weighted by molar-refractivity contribution is 9.10. The van der Waals surface area contributed by atoms with E-state index in [2.05, 4.69) is 42.0 Å². The maximum atomic E-state index is 6.00. The quantitative estimate of drug-likeness (QED) is 0.791. The summed E-state index contributed by atoms with van der Waals surface area (Å²) >= 11 is 9.63. The number of nitrogens with zero attached hydrogens (tertiary/aromatic N) is 3. The summed E-state index contributed by atoms with van der Waals surface area (Å²) in [6, 6.07) is 0.541. The molecule has 2 atom stereocenters. The molecule has 22 heavy (non-hydrogen) atoms. The lowest BCUT2D eigenvalue weighted by Crippen LogP contribution is -2.31. The van der Waals surface area contributed by atoms with Gasteiger partial charge in [-0.3, -0.25) is 0 Å². The molecule has 0 aromatic carbocycles. The van der Waals surface area contributed by atoms with Crippen LogP contribution < -0.4 is 5.32 Å². The van der Waals surface area contributed by atoms with Crippen LogP contribution in [0.15, 0.2) is 16.9 Å². The summed E-state index contributed by atoms with van der Waals surface area (Å²) in [4.78, 5) is 8.56. The molecule has 2 aromatic rings. The highest BCUT2D eigenvalue weighted by Crippen LogP contribution is 2.43. The Morgan fingerprint density at radius 2 is 2.00 bits per heavy atom. The van der Waals surface area contributed by atoms with Gasteiger partial charge in [0.2, 0.25) is 5.28 Å². The van der Waals surface area contributed by atoms with E-state index in [-0.39, 0.29) is 0 Å². The second-order valence-corrected chi connectivity index (χ2v) is 7.77. The maximum Gasteiger partial charge on any atom is 0.224 e. The summed E-state index contributed by atoms with van der Waals surface area (Å²) < 4.78 is 3.37. The van der Waals surface area contributed by atoms with E-state index in [4.69, 9.17) is 11.6 Å². The molecule has 0 spiro atoms. The van der Waals surface area contributed by atoms with E-state index in [1.807, 2.05) is 6.20 Å². The van der Waals surface area contributed by atoms with Crippen molar-refractivity contribution < 1.29 is 0 Å². The van der Waals surface area contributed by atoms with Gasteiger partial charge in [-0.15, -0.1) is 0 Å². The van der Waals surface area contributed by atoms with Crippen molar-refractivity contribution in [2.24, 2.45) is 11.8 Å². The molecule has 2 fully saturated rings. The monoisotopic (exact) mass is 382 g/mol. The summed E-state index contributed by atoms with van der Waals surface area (Å²) in [7, 11) is 0. The minimum atomic E-state index is 0.326. The number of rotatable bonds is 2. The first-order valence-corrected chi connectivity index (χ1v) is 9.29. The van der Waals surface area contributed by atoms with Gasteiger partial charge in [0.1, 0.15) is 5.65 Å². The fraction of sp³-hybridized carbons (Fsp3) is 0.625. The largest absolute Gasteiger partial charge is 0.328 e. The van der Waals surface area contributed by atoms with Crippen LogP contribution in [0, 0.1) is 11.8 Å². The first-order chi connectivity index (χ1) is 10.7. The number of halogens is 2. The Morgan fingerprint density at radius 1 is 1.18 bits per heavy atom. The number of hydrogen-bond donors (Lipinski definition) is 1. The number of fused-ring (bicyclic) bond motifs is 1. The van der Waals surface area contributed by atoms with E-state index in [1.165, 1.54) is 45.2 Å². The zero-order valence-corrected chi connectivity index (χ0v) is 14.8. The van der Waals surface area contributed by atoms with Crippen molar-refractivity contribution in [1.29, 1.82) is 0 Å². The molecule has 0 bridgehead atoms. The Morgan fingerprint density at radius 3 is 2.82 bits per heavy atom. The molecule has 4 rings (SSSR count). The molecule has 1 saturated heterocycles. The Kier molecular flexibility index (Phi) is 4.13. The highest BCUT2D eigenvalue weighted by Gasteiger charge is 2.33. The molecule has 2 aromatic heterocycles. The van der Waals surface area contributed by atoms with Gasteiger partial charge in [0.25, 0.3) is 0 Å². The highest BCUT2D eigenvalue weighted by atomic mass is 79.9. The Balaban J connectivity index is 1.59. The van der Waals surface area contributed by atoms with Crippen LogP contribution in [0.4, 0.5) is 0 Å². The average Bonchev–Trinajstić information content (AvgIpc) is 3.13. The van der Waals surface area contributed by atoms with E-state index in [0.29, 0.717) is 11.3 Å². The van der Waals surface area contributed by atoms with Gasteiger partial charge in [-0.25, -0.2) is 4.98 Å². The SMILES string of the molecule is Clc1ncc2c(Br)cn(C3CCC(C4CCNCC4)C3)c2n1. The third-order valence-electron chi connectivity index (χ3n) is 5.38. The van der Waals surface area contributed by atoms with Gasteiger partial charge < -0.3 is 9.88 Å². The van der Waals surface area contributed by atoms with Crippen LogP contribution in [0.2, 0.25) is 5.28 Å². The predicted molar refractivity (Wildman–Crippen MR) is 92.2 cm³/mol. The van der Waals surface area contributed by atoms with Gasteiger partial charge in [0.05, 0.1) is 5.39 Å². The van der Waals surface area contributed by atoms with Crippen LogP contribution >= 0.6 is 27.5 Å². The van der Waals surface area contributed by atoms with Crippen molar-refractivity contribution in [1.82, 2.24) is 19.9 Å². The van der Waals surface area contributed by atoms with Crippen molar-refractivity contribution in [3.05, 3.63) is 22.1 Å². The lowest BCUT2D eigenvalue weighted by Gasteiger charge is -2.28.